The molecule has 1 N–H and O–H groups in total. The molecule has 0 bridgehead atoms. The molecule has 0 atom stereocenters. The molecule has 0 saturated carbocycles. The molecule has 26 heavy (non-hydrogen) atoms. The lowest BCUT2D eigenvalue weighted by Crippen LogP contribution is -2.24. The monoisotopic (exact) mass is 340 g/mol. The fraction of sp³-hybridized carbons (Fsp3) is 0.0476. The van der Waals surface area contributed by atoms with Crippen molar-refractivity contribution in [2.24, 2.45) is 0 Å². The number of aromatic nitrogens is 3. The van der Waals surface area contributed by atoms with Crippen molar-refractivity contribution in [1.82, 2.24) is 20.3 Å². The van der Waals surface area contributed by atoms with E-state index in [-0.39, 0.29) is 5.91 Å². The molecule has 0 spiro atoms. The first-order chi connectivity index (χ1) is 12.8. The Labute approximate surface area is 150 Å². The summed E-state index contributed by atoms with van der Waals surface area (Å²) < 4.78 is 0. The topological polar surface area (TPSA) is 67.8 Å². The molecular formula is C21H16N4O. The van der Waals surface area contributed by atoms with Gasteiger partial charge in [-0.25, -0.2) is 0 Å². The SMILES string of the molecule is O=C(NCc1cccnc1-c1cccnc1)c1nccc2ccccc12. The Bertz CT molecular complexity index is 1060. The summed E-state index contributed by atoms with van der Waals surface area (Å²) in [5.41, 5.74) is 3.08. The van der Waals surface area contributed by atoms with Gasteiger partial charge in [-0.05, 0) is 35.2 Å². The van der Waals surface area contributed by atoms with Crippen LogP contribution in [0, 0.1) is 0 Å². The lowest BCUT2D eigenvalue weighted by molar-refractivity contribution is 0.0948. The molecule has 1 amide bonds. The van der Waals surface area contributed by atoms with Gasteiger partial charge in [0.2, 0.25) is 0 Å². The van der Waals surface area contributed by atoms with Crippen LogP contribution in [0.15, 0.2) is 79.4 Å². The van der Waals surface area contributed by atoms with E-state index < -0.39 is 0 Å². The van der Waals surface area contributed by atoms with Crippen LogP contribution in [0.2, 0.25) is 0 Å². The molecule has 5 heteroatoms. The predicted molar refractivity (Wildman–Crippen MR) is 100 cm³/mol. The van der Waals surface area contributed by atoms with Crippen LogP contribution in [0.5, 0.6) is 0 Å². The van der Waals surface area contributed by atoms with E-state index in [1.807, 2.05) is 54.6 Å². The molecule has 1 aromatic carbocycles. The van der Waals surface area contributed by atoms with E-state index in [0.717, 1.165) is 27.6 Å². The summed E-state index contributed by atoms with van der Waals surface area (Å²) in [7, 11) is 0. The highest BCUT2D eigenvalue weighted by molar-refractivity contribution is 6.05. The maximum atomic E-state index is 12.7. The lowest BCUT2D eigenvalue weighted by atomic mass is 10.1. The lowest BCUT2D eigenvalue weighted by Gasteiger charge is -2.10. The fourth-order valence-electron chi connectivity index (χ4n) is 2.90. The van der Waals surface area contributed by atoms with E-state index in [0.29, 0.717) is 12.2 Å². The van der Waals surface area contributed by atoms with Crippen molar-refractivity contribution in [2.75, 3.05) is 0 Å². The zero-order valence-corrected chi connectivity index (χ0v) is 14.0. The molecule has 0 aliphatic carbocycles. The summed E-state index contributed by atoms with van der Waals surface area (Å²) in [6.07, 6.45) is 6.88. The fourth-order valence-corrected chi connectivity index (χ4v) is 2.90. The van der Waals surface area contributed by atoms with Gasteiger partial charge >= 0.3 is 0 Å². The summed E-state index contributed by atoms with van der Waals surface area (Å²) in [6.45, 7) is 0.363. The number of nitrogens with zero attached hydrogens (tertiary/aromatic N) is 3. The van der Waals surface area contributed by atoms with Crippen molar-refractivity contribution in [3.8, 4) is 11.3 Å². The van der Waals surface area contributed by atoms with E-state index in [2.05, 4.69) is 20.3 Å². The Hall–Kier alpha value is -3.60. The molecule has 4 aromatic rings. The number of pyridine rings is 3. The number of fused-ring (bicyclic) bond motifs is 1. The molecule has 3 aromatic heterocycles. The molecule has 4 rings (SSSR count). The van der Waals surface area contributed by atoms with Gasteiger partial charge in [-0.2, -0.15) is 0 Å². The van der Waals surface area contributed by atoms with Gasteiger partial charge in [-0.1, -0.05) is 30.3 Å². The molecular weight excluding hydrogens is 324 g/mol. The van der Waals surface area contributed by atoms with Crippen LogP contribution in [0.3, 0.4) is 0 Å². The van der Waals surface area contributed by atoms with Gasteiger partial charge in [0.05, 0.1) is 5.69 Å². The molecule has 0 unspecified atom stereocenters. The minimum absolute atomic E-state index is 0.206. The molecule has 0 radical (unpaired) electrons. The third-order valence-electron chi connectivity index (χ3n) is 4.15. The largest absolute Gasteiger partial charge is 0.347 e. The average molecular weight is 340 g/mol. The number of nitrogens with one attached hydrogen (secondary N) is 1. The summed E-state index contributed by atoms with van der Waals surface area (Å²) in [6, 6.07) is 17.2. The number of benzene rings is 1. The maximum absolute atomic E-state index is 12.7. The third kappa shape index (κ3) is 3.15. The highest BCUT2D eigenvalue weighted by atomic mass is 16.1. The minimum Gasteiger partial charge on any atom is -0.347 e. The Morgan fingerprint density at radius 1 is 0.885 bits per heavy atom. The van der Waals surface area contributed by atoms with Crippen molar-refractivity contribution in [3.05, 3.63) is 90.6 Å². The zero-order valence-electron chi connectivity index (χ0n) is 14.0. The van der Waals surface area contributed by atoms with E-state index in [4.69, 9.17) is 0 Å². The number of carbonyl (C=O) groups is 1. The van der Waals surface area contributed by atoms with Gasteiger partial charge in [0.15, 0.2) is 0 Å². The number of hydrogen-bond donors (Lipinski definition) is 1. The van der Waals surface area contributed by atoms with Gasteiger partial charge in [0, 0.05) is 42.3 Å². The van der Waals surface area contributed by atoms with Crippen molar-refractivity contribution >= 4 is 16.7 Å². The smallest absolute Gasteiger partial charge is 0.270 e. The first-order valence-corrected chi connectivity index (χ1v) is 8.29. The first-order valence-electron chi connectivity index (χ1n) is 8.29. The van der Waals surface area contributed by atoms with E-state index in [1.54, 1.807) is 24.8 Å². The zero-order chi connectivity index (χ0) is 17.8. The molecule has 0 aliphatic rings. The second-order valence-electron chi connectivity index (χ2n) is 5.82. The van der Waals surface area contributed by atoms with Gasteiger partial charge < -0.3 is 5.32 Å². The van der Waals surface area contributed by atoms with Gasteiger partial charge in [0.1, 0.15) is 5.69 Å². The summed E-state index contributed by atoms with van der Waals surface area (Å²) >= 11 is 0. The Balaban J connectivity index is 1.59. The first kappa shape index (κ1) is 15.9. The van der Waals surface area contributed by atoms with Crippen molar-refractivity contribution in [1.29, 1.82) is 0 Å². The van der Waals surface area contributed by atoms with Crippen LogP contribution < -0.4 is 5.32 Å². The maximum Gasteiger partial charge on any atom is 0.270 e. The average Bonchev–Trinajstić information content (AvgIpc) is 2.72. The second-order valence-corrected chi connectivity index (χ2v) is 5.82. The van der Waals surface area contributed by atoms with Crippen LogP contribution in [0.4, 0.5) is 0 Å². The van der Waals surface area contributed by atoms with Crippen molar-refractivity contribution in [3.63, 3.8) is 0 Å². The van der Waals surface area contributed by atoms with E-state index >= 15 is 0 Å². The molecule has 3 heterocycles. The standard InChI is InChI=1S/C21H16N4O/c26-21(20-18-8-2-1-5-15(18)9-12-24-20)25-14-17-7-4-11-23-19(17)16-6-3-10-22-13-16/h1-13H,14H2,(H,25,26). The Kier molecular flexibility index (Phi) is 4.35. The molecule has 126 valence electrons. The highest BCUT2D eigenvalue weighted by Crippen LogP contribution is 2.20. The van der Waals surface area contributed by atoms with Crippen LogP contribution in [0.1, 0.15) is 16.1 Å². The van der Waals surface area contributed by atoms with Gasteiger partial charge in [-0.3, -0.25) is 19.7 Å². The number of amides is 1. The molecule has 0 saturated heterocycles. The van der Waals surface area contributed by atoms with Crippen LogP contribution in [-0.2, 0) is 6.54 Å². The molecule has 0 fully saturated rings. The van der Waals surface area contributed by atoms with Crippen LogP contribution in [0.25, 0.3) is 22.0 Å². The third-order valence-corrected chi connectivity index (χ3v) is 4.15. The molecule has 0 aliphatic heterocycles. The van der Waals surface area contributed by atoms with E-state index in [9.17, 15) is 4.79 Å². The normalized spacial score (nSPS) is 10.6. The van der Waals surface area contributed by atoms with E-state index in [1.165, 1.54) is 0 Å². The van der Waals surface area contributed by atoms with Crippen molar-refractivity contribution in [2.45, 2.75) is 6.54 Å². The minimum atomic E-state index is -0.206. The number of carbonyl (C=O) groups excluding carboxylic acids is 1. The quantitative estimate of drug-likeness (QED) is 0.616. The van der Waals surface area contributed by atoms with Crippen LogP contribution >= 0.6 is 0 Å². The summed E-state index contributed by atoms with van der Waals surface area (Å²) in [4.78, 5) is 25.5. The van der Waals surface area contributed by atoms with Gasteiger partial charge in [0.25, 0.3) is 5.91 Å². The second kappa shape index (κ2) is 7.11. The Morgan fingerprint density at radius 3 is 2.65 bits per heavy atom. The van der Waals surface area contributed by atoms with Crippen LogP contribution in [-0.4, -0.2) is 20.9 Å². The number of rotatable bonds is 4. The highest BCUT2D eigenvalue weighted by Gasteiger charge is 2.13. The van der Waals surface area contributed by atoms with Gasteiger partial charge in [-0.15, -0.1) is 0 Å². The Morgan fingerprint density at radius 2 is 1.77 bits per heavy atom. The predicted octanol–water partition coefficient (Wildman–Crippen LogP) is 3.62. The van der Waals surface area contributed by atoms with Crippen molar-refractivity contribution < 1.29 is 4.79 Å². The summed E-state index contributed by atoms with van der Waals surface area (Å²) in [5.74, 6) is -0.206. The summed E-state index contributed by atoms with van der Waals surface area (Å²) in [5, 5.41) is 4.79. The number of hydrogen-bond acceptors (Lipinski definition) is 4. The molecule has 5 nitrogen and oxygen atoms in total.